The minimum atomic E-state index is -0.569. The van der Waals surface area contributed by atoms with Crippen LogP contribution in [-0.4, -0.2) is 15.6 Å². The van der Waals surface area contributed by atoms with Crippen LogP contribution < -0.4 is 4.74 Å². The van der Waals surface area contributed by atoms with Crippen LogP contribution in [0.2, 0.25) is 5.02 Å². The molecular weight excluding hydrogens is 426 g/mol. The van der Waals surface area contributed by atoms with Crippen LogP contribution in [0.4, 0.5) is 5.69 Å². The smallest absolute Gasteiger partial charge is 0.299 e. The van der Waals surface area contributed by atoms with Gasteiger partial charge in [0.2, 0.25) is 5.88 Å². The molecule has 32 heavy (non-hydrogen) atoms. The number of nitrogens with zero attached hydrogens (tertiary/aromatic N) is 3. The first-order valence-corrected chi connectivity index (χ1v) is 10.6. The van der Waals surface area contributed by atoms with Gasteiger partial charge in [-0.2, -0.15) is 0 Å². The van der Waals surface area contributed by atoms with Gasteiger partial charge in [0, 0.05) is 22.0 Å². The maximum Gasteiger partial charge on any atom is 0.299 e. The van der Waals surface area contributed by atoms with Gasteiger partial charge in [0.1, 0.15) is 12.4 Å². The lowest BCUT2D eigenvalue weighted by Crippen LogP contribution is -2.02. The molecule has 0 saturated carbocycles. The summed E-state index contributed by atoms with van der Waals surface area (Å²) < 4.78 is 7.61. The number of ether oxygens (including phenoxy) is 1. The Labute approximate surface area is 190 Å². The Morgan fingerprint density at radius 3 is 2.50 bits per heavy atom. The number of benzene rings is 3. The second-order valence-corrected chi connectivity index (χ2v) is 7.94. The standard InChI is InChI=1S/C25H22ClN3O3/c1-16(2)29-21-13-7-4-10-18(21)23(25(29)31)27-28-24(30)19-11-5-8-14-22(19)32-15-17-9-3-6-12-20(17)26/h3-14,16,31H,15H2,1-2H3. The van der Waals surface area contributed by atoms with Crippen molar-refractivity contribution in [2.45, 2.75) is 26.5 Å². The molecule has 4 rings (SSSR count). The summed E-state index contributed by atoms with van der Waals surface area (Å²) >= 11 is 6.19. The Morgan fingerprint density at radius 1 is 1.03 bits per heavy atom. The quantitative estimate of drug-likeness (QED) is 0.320. The monoisotopic (exact) mass is 447 g/mol. The van der Waals surface area contributed by atoms with E-state index in [2.05, 4.69) is 10.2 Å². The van der Waals surface area contributed by atoms with E-state index in [-0.39, 0.29) is 29.8 Å². The highest BCUT2D eigenvalue weighted by Crippen LogP contribution is 2.40. The van der Waals surface area contributed by atoms with Gasteiger partial charge in [-0.25, -0.2) is 0 Å². The molecule has 0 saturated heterocycles. The predicted octanol–water partition coefficient (Wildman–Crippen LogP) is 7.08. The van der Waals surface area contributed by atoms with Crippen LogP contribution in [0.5, 0.6) is 11.6 Å². The van der Waals surface area contributed by atoms with Crippen molar-refractivity contribution in [2.75, 3.05) is 0 Å². The first-order valence-electron chi connectivity index (χ1n) is 10.2. The number of amides is 1. The summed E-state index contributed by atoms with van der Waals surface area (Å²) in [4.78, 5) is 12.9. The van der Waals surface area contributed by atoms with E-state index in [4.69, 9.17) is 16.3 Å². The molecule has 7 heteroatoms. The molecule has 4 aromatic rings. The van der Waals surface area contributed by atoms with Gasteiger partial charge in [-0.15, -0.1) is 10.2 Å². The number of rotatable bonds is 6. The molecular formula is C25H22ClN3O3. The highest BCUT2D eigenvalue weighted by molar-refractivity contribution is 6.31. The van der Waals surface area contributed by atoms with E-state index in [0.29, 0.717) is 10.8 Å². The molecule has 1 aromatic heterocycles. The Hall–Kier alpha value is -3.64. The zero-order chi connectivity index (χ0) is 22.7. The lowest BCUT2D eigenvalue weighted by molar-refractivity contribution is 0.0990. The van der Waals surface area contributed by atoms with Crippen molar-refractivity contribution in [3.63, 3.8) is 0 Å². The topological polar surface area (TPSA) is 76.2 Å². The molecule has 0 bridgehead atoms. The summed E-state index contributed by atoms with van der Waals surface area (Å²) in [7, 11) is 0. The molecule has 0 aliphatic rings. The first-order chi connectivity index (χ1) is 15.5. The highest BCUT2D eigenvalue weighted by atomic mass is 35.5. The van der Waals surface area contributed by atoms with Crippen molar-refractivity contribution in [1.82, 2.24) is 4.57 Å². The van der Waals surface area contributed by atoms with E-state index in [9.17, 15) is 9.90 Å². The number of aromatic nitrogens is 1. The Bertz CT molecular complexity index is 1310. The largest absolute Gasteiger partial charge is 0.493 e. The second-order valence-electron chi connectivity index (χ2n) is 7.53. The molecule has 0 aliphatic heterocycles. The van der Waals surface area contributed by atoms with Crippen LogP contribution in [0.3, 0.4) is 0 Å². The Balaban J connectivity index is 1.62. The maximum absolute atomic E-state index is 12.9. The molecule has 1 heterocycles. The molecule has 162 valence electrons. The summed E-state index contributed by atoms with van der Waals surface area (Å²) in [5, 5.41) is 20.0. The van der Waals surface area contributed by atoms with Gasteiger partial charge in [-0.05, 0) is 38.1 Å². The van der Waals surface area contributed by atoms with Gasteiger partial charge < -0.3 is 14.4 Å². The summed E-state index contributed by atoms with van der Waals surface area (Å²) in [6, 6.07) is 21.7. The van der Waals surface area contributed by atoms with Crippen LogP contribution in [0.1, 0.15) is 35.8 Å². The summed E-state index contributed by atoms with van der Waals surface area (Å²) in [5.41, 5.74) is 2.17. The lowest BCUT2D eigenvalue weighted by atomic mass is 10.2. The van der Waals surface area contributed by atoms with E-state index in [1.807, 2.05) is 56.3 Å². The van der Waals surface area contributed by atoms with Crippen LogP contribution in [0.25, 0.3) is 10.9 Å². The van der Waals surface area contributed by atoms with Crippen LogP contribution >= 0.6 is 11.6 Å². The first kappa shape index (κ1) is 21.6. The molecule has 3 aromatic carbocycles. The van der Waals surface area contributed by atoms with Gasteiger partial charge in [-0.3, -0.25) is 4.79 Å². The number of para-hydroxylation sites is 2. The van der Waals surface area contributed by atoms with Crippen LogP contribution in [0.15, 0.2) is 83.0 Å². The molecule has 0 aliphatic carbocycles. The molecule has 1 N–H and O–H groups in total. The number of carbonyl (C=O) groups is 1. The van der Waals surface area contributed by atoms with Crippen molar-refractivity contribution >= 4 is 34.1 Å². The number of carbonyl (C=O) groups excluding carboxylic acids is 1. The molecule has 0 spiro atoms. The Morgan fingerprint density at radius 2 is 1.72 bits per heavy atom. The number of hydrogen-bond acceptors (Lipinski definition) is 4. The van der Waals surface area contributed by atoms with Gasteiger partial charge in [-0.1, -0.05) is 60.1 Å². The van der Waals surface area contributed by atoms with Crippen molar-refractivity contribution < 1.29 is 14.6 Å². The summed E-state index contributed by atoms with van der Waals surface area (Å²) in [5.74, 6) is -0.216. The number of azo groups is 1. The lowest BCUT2D eigenvalue weighted by Gasteiger charge is -2.10. The predicted molar refractivity (Wildman–Crippen MR) is 125 cm³/mol. The minimum Gasteiger partial charge on any atom is -0.493 e. The molecule has 0 fully saturated rings. The van der Waals surface area contributed by atoms with Gasteiger partial charge in [0.25, 0.3) is 5.91 Å². The third-order valence-electron chi connectivity index (χ3n) is 5.07. The molecule has 0 radical (unpaired) electrons. The van der Waals surface area contributed by atoms with Crippen molar-refractivity contribution in [3.8, 4) is 11.6 Å². The second kappa shape index (κ2) is 9.24. The number of hydrogen-bond donors (Lipinski definition) is 1. The van der Waals surface area contributed by atoms with Crippen molar-refractivity contribution in [1.29, 1.82) is 0 Å². The molecule has 0 unspecified atom stereocenters. The highest BCUT2D eigenvalue weighted by Gasteiger charge is 2.19. The number of aromatic hydroxyl groups is 1. The fourth-order valence-corrected chi connectivity index (χ4v) is 3.73. The van der Waals surface area contributed by atoms with Gasteiger partial charge in [0.05, 0.1) is 11.1 Å². The zero-order valence-electron chi connectivity index (χ0n) is 17.7. The minimum absolute atomic E-state index is 0.0125. The van der Waals surface area contributed by atoms with E-state index in [1.165, 1.54) is 0 Å². The Kier molecular flexibility index (Phi) is 6.23. The van der Waals surface area contributed by atoms with E-state index >= 15 is 0 Å². The van der Waals surface area contributed by atoms with Crippen LogP contribution in [-0.2, 0) is 6.61 Å². The third-order valence-corrected chi connectivity index (χ3v) is 5.44. The van der Waals surface area contributed by atoms with Crippen LogP contribution in [0, 0.1) is 0 Å². The van der Waals surface area contributed by atoms with Gasteiger partial charge >= 0.3 is 0 Å². The normalized spacial score (nSPS) is 11.5. The van der Waals surface area contributed by atoms with E-state index < -0.39 is 5.91 Å². The SMILES string of the molecule is CC(C)n1c(O)c(N=NC(=O)c2ccccc2OCc2ccccc2Cl)c2ccccc21. The van der Waals surface area contributed by atoms with Crippen molar-refractivity contribution in [2.24, 2.45) is 10.2 Å². The number of fused-ring (bicyclic) bond motifs is 1. The van der Waals surface area contributed by atoms with Crippen molar-refractivity contribution in [3.05, 3.63) is 88.9 Å². The fraction of sp³-hybridized carbons (Fsp3) is 0.160. The third kappa shape index (κ3) is 4.22. The molecule has 6 nitrogen and oxygen atoms in total. The zero-order valence-corrected chi connectivity index (χ0v) is 18.5. The number of halogens is 1. The van der Waals surface area contributed by atoms with E-state index in [1.54, 1.807) is 34.9 Å². The molecule has 1 amide bonds. The summed E-state index contributed by atoms with van der Waals surface area (Å²) in [6.07, 6.45) is 0. The average molecular weight is 448 g/mol. The summed E-state index contributed by atoms with van der Waals surface area (Å²) in [6.45, 7) is 4.14. The molecule has 0 atom stereocenters. The van der Waals surface area contributed by atoms with Gasteiger partial charge in [0.15, 0.2) is 5.69 Å². The maximum atomic E-state index is 12.9. The fourth-order valence-electron chi connectivity index (χ4n) is 3.54. The van der Waals surface area contributed by atoms with E-state index in [0.717, 1.165) is 16.5 Å². The average Bonchev–Trinajstić information content (AvgIpc) is 3.08.